The van der Waals surface area contributed by atoms with E-state index in [1.807, 2.05) is 6.92 Å². The molecule has 32 heavy (non-hydrogen) atoms. The summed E-state index contributed by atoms with van der Waals surface area (Å²) < 4.78 is 45.1. The van der Waals surface area contributed by atoms with E-state index in [2.05, 4.69) is 10.4 Å². The first-order valence-corrected chi connectivity index (χ1v) is 10.6. The lowest BCUT2D eigenvalue weighted by Crippen LogP contribution is -2.45. The van der Waals surface area contributed by atoms with Gasteiger partial charge in [-0.25, -0.2) is 9.18 Å². The zero-order valence-electron chi connectivity index (χ0n) is 17.6. The molecule has 7 nitrogen and oxygen atoms in total. The second-order valence-corrected chi connectivity index (χ2v) is 8.50. The Labute approximate surface area is 183 Å². The standard InChI is InChI=1S/C22H24F3N5O2/c1-13-8-19-17(20-22(24,25)6-4-14(5-7-31)11-30(20)28-19)12-29(13)21(32)27-16-2-3-18(23)15(9-16)10-26/h2-3,9,13-14,31H,4-8,11-12H2,1H3,(H,27,32). The quantitative estimate of drug-likeness (QED) is 0.749. The number of anilines is 1. The molecule has 0 aliphatic carbocycles. The summed E-state index contributed by atoms with van der Waals surface area (Å²) >= 11 is 0. The third-order valence-corrected chi connectivity index (χ3v) is 6.26. The number of benzene rings is 1. The van der Waals surface area contributed by atoms with E-state index in [1.165, 1.54) is 21.7 Å². The number of aromatic nitrogens is 2. The first-order valence-electron chi connectivity index (χ1n) is 10.6. The van der Waals surface area contributed by atoms with Gasteiger partial charge in [-0.3, -0.25) is 4.68 Å². The number of hydrogen-bond acceptors (Lipinski definition) is 4. The van der Waals surface area contributed by atoms with Crippen LogP contribution in [-0.4, -0.2) is 38.5 Å². The Hall–Kier alpha value is -3.06. The van der Waals surface area contributed by atoms with Crippen molar-refractivity contribution in [2.45, 2.75) is 57.7 Å². The van der Waals surface area contributed by atoms with Crippen LogP contribution in [0, 0.1) is 23.1 Å². The number of alkyl halides is 2. The van der Waals surface area contributed by atoms with Gasteiger partial charge in [0.15, 0.2) is 0 Å². The molecule has 0 fully saturated rings. The molecule has 1 aromatic carbocycles. The van der Waals surface area contributed by atoms with E-state index in [9.17, 15) is 14.3 Å². The van der Waals surface area contributed by atoms with Gasteiger partial charge in [0.2, 0.25) is 0 Å². The molecule has 2 amide bonds. The van der Waals surface area contributed by atoms with E-state index in [4.69, 9.17) is 5.26 Å². The van der Waals surface area contributed by atoms with Crippen LogP contribution in [0.25, 0.3) is 0 Å². The lowest BCUT2D eigenvalue weighted by Gasteiger charge is -2.33. The van der Waals surface area contributed by atoms with Gasteiger partial charge < -0.3 is 15.3 Å². The molecule has 0 saturated heterocycles. The van der Waals surface area contributed by atoms with Crippen molar-refractivity contribution in [2.24, 2.45) is 5.92 Å². The lowest BCUT2D eigenvalue weighted by atomic mass is 9.95. The maximum Gasteiger partial charge on any atom is 0.322 e. The number of carbonyl (C=O) groups is 1. The number of urea groups is 1. The van der Waals surface area contributed by atoms with Crippen LogP contribution < -0.4 is 5.32 Å². The minimum atomic E-state index is -3.08. The highest BCUT2D eigenvalue weighted by molar-refractivity contribution is 5.90. The fourth-order valence-electron chi connectivity index (χ4n) is 4.55. The largest absolute Gasteiger partial charge is 0.396 e. The number of fused-ring (bicyclic) bond motifs is 3. The normalized spacial score (nSPS) is 21.8. The highest BCUT2D eigenvalue weighted by atomic mass is 19.3. The monoisotopic (exact) mass is 447 g/mol. The van der Waals surface area contributed by atoms with Gasteiger partial charge in [0.25, 0.3) is 5.92 Å². The van der Waals surface area contributed by atoms with Crippen LogP contribution in [0.2, 0.25) is 0 Å². The van der Waals surface area contributed by atoms with Crippen molar-refractivity contribution < 1.29 is 23.1 Å². The third kappa shape index (κ3) is 4.05. The van der Waals surface area contributed by atoms with E-state index in [1.54, 1.807) is 6.07 Å². The average molecular weight is 447 g/mol. The van der Waals surface area contributed by atoms with Gasteiger partial charge in [0.05, 0.1) is 17.8 Å². The third-order valence-electron chi connectivity index (χ3n) is 6.26. The molecule has 0 bridgehead atoms. The van der Waals surface area contributed by atoms with Gasteiger partial charge in [-0.2, -0.15) is 19.1 Å². The van der Waals surface area contributed by atoms with Crippen LogP contribution in [0.3, 0.4) is 0 Å². The summed E-state index contributed by atoms with van der Waals surface area (Å²) in [5.74, 6) is -3.85. The van der Waals surface area contributed by atoms with Gasteiger partial charge in [0, 0.05) is 43.3 Å². The Kier molecular flexibility index (Phi) is 5.86. The van der Waals surface area contributed by atoms with Gasteiger partial charge in [-0.05, 0) is 43.9 Å². The molecule has 4 rings (SSSR count). The molecule has 1 aromatic heterocycles. The predicted molar refractivity (Wildman–Crippen MR) is 109 cm³/mol. The Balaban J connectivity index is 1.61. The number of amides is 2. The molecule has 0 spiro atoms. The molecule has 2 atom stereocenters. The lowest BCUT2D eigenvalue weighted by molar-refractivity contribution is -0.0223. The fraction of sp³-hybridized carbons (Fsp3) is 0.500. The van der Waals surface area contributed by atoms with Gasteiger partial charge in [-0.15, -0.1) is 0 Å². The Morgan fingerprint density at radius 3 is 2.94 bits per heavy atom. The summed E-state index contributed by atoms with van der Waals surface area (Å²) in [4.78, 5) is 14.4. The number of nitrogens with zero attached hydrogens (tertiary/aromatic N) is 4. The maximum absolute atomic E-state index is 15.1. The Morgan fingerprint density at radius 1 is 1.44 bits per heavy atom. The SMILES string of the molecule is CC1Cc2nn3c(c2CN1C(=O)Nc1ccc(F)c(C#N)c1)C(F)(F)CCC(CCO)C3. The number of aliphatic hydroxyl groups excluding tert-OH is 1. The van der Waals surface area contributed by atoms with Crippen LogP contribution in [-0.2, 0) is 25.4 Å². The van der Waals surface area contributed by atoms with Crippen LogP contribution in [0.5, 0.6) is 0 Å². The minimum Gasteiger partial charge on any atom is -0.396 e. The molecule has 2 aliphatic heterocycles. The molecule has 0 saturated carbocycles. The van der Waals surface area contributed by atoms with Crippen molar-refractivity contribution in [1.82, 2.24) is 14.7 Å². The van der Waals surface area contributed by atoms with Crippen molar-refractivity contribution in [3.63, 3.8) is 0 Å². The second kappa shape index (κ2) is 8.47. The molecule has 0 radical (unpaired) electrons. The van der Waals surface area contributed by atoms with Crippen LogP contribution in [0.15, 0.2) is 18.2 Å². The first kappa shape index (κ1) is 22.1. The molecule has 2 unspecified atom stereocenters. The number of aliphatic hydroxyl groups is 1. The molecular weight excluding hydrogens is 423 g/mol. The Bertz CT molecular complexity index is 1080. The molecule has 2 aliphatic rings. The van der Waals surface area contributed by atoms with E-state index in [0.717, 1.165) is 6.07 Å². The van der Waals surface area contributed by atoms with Crippen molar-refractivity contribution >= 4 is 11.7 Å². The number of carbonyl (C=O) groups excluding carboxylic acids is 1. The molecule has 3 heterocycles. The van der Waals surface area contributed by atoms with Gasteiger partial charge in [0.1, 0.15) is 17.6 Å². The zero-order chi connectivity index (χ0) is 23.0. The highest BCUT2D eigenvalue weighted by Gasteiger charge is 2.44. The second-order valence-electron chi connectivity index (χ2n) is 8.50. The summed E-state index contributed by atoms with van der Waals surface area (Å²) in [5, 5.41) is 25.3. The molecular formula is C22H24F3N5O2. The molecule has 2 aromatic rings. The van der Waals surface area contributed by atoms with Crippen molar-refractivity contribution in [3.05, 3.63) is 46.5 Å². The van der Waals surface area contributed by atoms with Gasteiger partial charge >= 0.3 is 6.03 Å². The van der Waals surface area contributed by atoms with Crippen molar-refractivity contribution in [2.75, 3.05) is 11.9 Å². The summed E-state index contributed by atoms with van der Waals surface area (Å²) in [7, 11) is 0. The predicted octanol–water partition coefficient (Wildman–Crippen LogP) is 3.76. The number of halogens is 3. The zero-order valence-corrected chi connectivity index (χ0v) is 17.6. The first-order chi connectivity index (χ1) is 15.2. The maximum atomic E-state index is 15.1. The van der Waals surface area contributed by atoms with Crippen LogP contribution in [0.4, 0.5) is 23.7 Å². The van der Waals surface area contributed by atoms with Crippen molar-refractivity contribution in [1.29, 1.82) is 5.26 Å². The number of rotatable bonds is 3. The summed E-state index contributed by atoms with van der Waals surface area (Å²) in [6.45, 7) is 2.04. The van der Waals surface area contributed by atoms with E-state index < -0.39 is 17.8 Å². The van der Waals surface area contributed by atoms with E-state index in [-0.39, 0.29) is 54.9 Å². The topological polar surface area (TPSA) is 94.2 Å². The highest BCUT2D eigenvalue weighted by Crippen LogP contribution is 2.42. The van der Waals surface area contributed by atoms with Crippen molar-refractivity contribution in [3.8, 4) is 6.07 Å². The molecule has 2 N–H and O–H groups in total. The summed E-state index contributed by atoms with van der Waals surface area (Å²) in [5.41, 5.74) is 0.832. The smallest absolute Gasteiger partial charge is 0.322 e. The Morgan fingerprint density at radius 2 is 2.22 bits per heavy atom. The molecule has 10 heteroatoms. The molecule has 170 valence electrons. The number of hydrogen-bond donors (Lipinski definition) is 2. The van der Waals surface area contributed by atoms with Crippen LogP contribution >= 0.6 is 0 Å². The number of nitriles is 1. The van der Waals surface area contributed by atoms with Gasteiger partial charge in [-0.1, -0.05) is 0 Å². The minimum absolute atomic E-state index is 0.0236. The summed E-state index contributed by atoms with van der Waals surface area (Å²) in [6.07, 6.45) is 0.728. The summed E-state index contributed by atoms with van der Waals surface area (Å²) in [6, 6.07) is 4.57. The van der Waals surface area contributed by atoms with Crippen LogP contribution in [0.1, 0.15) is 48.7 Å². The number of nitrogens with one attached hydrogen (secondary N) is 1. The average Bonchev–Trinajstić information content (AvgIpc) is 3.04. The van der Waals surface area contributed by atoms with E-state index >= 15 is 8.78 Å². The fourth-order valence-corrected chi connectivity index (χ4v) is 4.55. The van der Waals surface area contributed by atoms with E-state index in [0.29, 0.717) is 30.6 Å².